The number of benzene rings is 2. The maximum atomic E-state index is 12.9. The lowest BCUT2D eigenvalue weighted by atomic mass is 10.2. The molecule has 1 aliphatic heterocycles. The van der Waals surface area contributed by atoms with Gasteiger partial charge in [-0.2, -0.15) is 0 Å². The molecule has 0 radical (unpaired) electrons. The first-order valence-corrected chi connectivity index (χ1v) is 11.6. The van der Waals surface area contributed by atoms with E-state index in [0.29, 0.717) is 48.7 Å². The van der Waals surface area contributed by atoms with E-state index < -0.39 is 16.0 Å². The van der Waals surface area contributed by atoms with Crippen molar-refractivity contribution in [2.75, 3.05) is 29.9 Å². The van der Waals surface area contributed by atoms with E-state index in [-0.39, 0.29) is 10.8 Å². The van der Waals surface area contributed by atoms with E-state index in [0.717, 1.165) is 12.8 Å². The lowest BCUT2D eigenvalue weighted by molar-refractivity contribution is -0.117. The quantitative estimate of drug-likeness (QED) is 0.467. The van der Waals surface area contributed by atoms with Crippen LogP contribution in [0.25, 0.3) is 0 Å². The van der Waals surface area contributed by atoms with Crippen LogP contribution in [-0.4, -0.2) is 40.6 Å². The second-order valence-electron chi connectivity index (χ2n) is 7.15. The van der Waals surface area contributed by atoms with Crippen LogP contribution in [0.5, 0.6) is 5.75 Å². The Labute approximate surface area is 182 Å². The van der Waals surface area contributed by atoms with Crippen LogP contribution in [0.15, 0.2) is 47.4 Å². The summed E-state index contributed by atoms with van der Waals surface area (Å²) in [5.74, 6) is -0.0831. The molecule has 1 amide bonds. The van der Waals surface area contributed by atoms with E-state index in [9.17, 15) is 18.0 Å². The predicted molar refractivity (Wildman–Crippen MR) is 117 cm³/mol. The number of rotatable bonds is 9. The Bertz CT molecular complexity index is 1050. The van der Waals surface area contributed by atoms with Crippen LogP contribution in [-0.2, 0) is 19.6 Å². The summed E-state index contributed by atoms with van der Waals surface area (Å²) in [6, 6.07) is 10.4. The highest BCUT2D eigenvalue weighted by Gasteiger charge is 2.26. The molecule has 8 nitrogen and oxygen atoms in total. The normalized spacial score (nSPS) is 13.9. The maximum Gasteiger partial charge on any atom is 0.338 e. The molecular formula is C22H26N2O6S. The van der Waals surface area contributed by atoms with Crippen LogP contribution in [0.2, 0.25) is 0 Å². The van der Waals surface area contributed by atoms with Gasteiger partial charge in [-0.1, -0.05) is 13.3 Å². The summed E-state index contributed by atoms with van der Waals surface area (Å²) >= 11 is 0. The van der Waals surface area contributed by atoms with Gasteiger partial charge >= 0.3 is 5.97 Å². The van der Waals surface area contributed by atoms with E-state index in [2.05, 4.69) is 4.72 Å². The summed E-state index contributed by atoms with van der Waals surface area (Å²) in [7, 11) is -2.45. The highest BCUT2D eigenvalue weighted by molar-refractivity contribution is 7.92. The van der Waals surface area contributed by atoms with Gasteiger partial charge in [0, 0.05) is 18.7 Å². The maximum absolute atomic E-state index is 12.9. The number of carbonyl (C=O) groups excluding carboxylic acids is 2. The number of methoxy groups -OCH3 is 1. The fourth-order valence-electron chi connectivity index (χ4n) is 3.23. The van der Waals surface area contributed by atoms with Crippen molar-refractivity contribution in [2.24, 2.45) is 0 Å². The summed E-state index contributed by atoms with van der Waals surface area (Å²) in [5.41, 5.74) is 1.08. The topological polar surface area (TPSA) is 102 Å². The molecule has 3 rings (SSSR count). The smallest absolute Gasteiger partial charge is 0.338 e. The number of hydrogen-bond donors (Lipinski definition) is 1. The van der Waals surface area contributed by atoms with Gasteiger partial charge in [-0.05, 0) is 55.3 Å². The molecule has 9 heteroatoms. The number of sulfonamides is 1. The van der Waals surface area contributed by atoms with E-state index in [1.165, 1.54) is 54.5 Å². The molecule has 1 N–H and O–H groups in total. The van der Waals surface area contributed by atoms with Gasteiger partial charge in [0.2, 0.25) is 5.91 Å². The lowest BCUT2D eigenvalue weighted by Gasteiger charge is -2.20. The fraction of sp³-hybridized carbons (Fsp3) is 0.364. The second kappa shape index (κ2) is 9.82. The van der Waals surface area contributed by atoms with Crippen molar-refractivity contribution < 1.29 is 27.5 Å². The average molecular weight is 447 g/mol. The number of esters is 1. The Morgan fingerprint density at radius 3 is 2.52 bits per heavy atom. The minimum Gasteiger partial charge on any atom is -0.495 e. The average Bonchev–Trinajstić information content (AvgIpc) is 3.19. The van der Waals surface area contributed by atoms with E-state index in [1.807, 2.05) is 6.92 Å². The number of unbranched alkanes of at least 4 members (excludes halogenated alkanes) is 1. The zero-order valence-corrected chi connectivity index (χ0v) is 18.4. The summed E-state index contributed by atoms with van der Waals surface area (Å²) in [6.45, 7) is 2.87. The molecule has 0 aliphatic carbocycles. The van der Waals surface area contributed by atoms with Crippen LogP contribution in [0, 0.1) is 0 Å². The first-order valence-electron chi connectivity index (χ1n) is 10.1. The molecule has 1 aliphatic rings. The molecule has 166 valence electrons. The molecule has 2 aromatic rings. The van der Waals surface area contributed by atoms with Gasteiger partial charge in [-0.3, -0.25) is 9.52 Å². The number of amides is 1. The van der Waals surface area contributed by atoms with Crippen molar-refractivity contribution in [3.63, 3.8) is 0 Å². The monoisotopic (exact) mass is 446 g/mol. The molecule has 31 heavy (non-hydrogen) atoms. The van der Waals surface area contributed by atoms with Gasteiger partial charge in [0.1, 0.15) is 5.75 Å². The lowest BCUT2D eigenvalue weighted by Crippen LogP contribution is -2.24. The van der Waals surface area contributed by atoms with Gasteiger partial charge in [0.15, 0.2) is 0 Å². The van der Waals surface area contributed by atoms with E-state index >= 15 is 0 Å². The Morgan fingerprint density at radius 1 is 1.16 bits per heavy atom. The third kappa shape index (κ3) is 5.35. The van der Waals surface area contributed by atoms with E-state index in [1.54, 1.807) is 0 Å². The zero-order chi connectivity index (χ0) is 22.4. The number of hydrogen-bond acceptors (Lipinski definition) is 6. The van der Waals surface area contributed by atoms with Crippen molar-refractivity contribution in [3.8, 4) is 5.75 Å². The molecule has 0 spiro atoms. The third-order valence-electron chi connectivity index (χ3n) is 4.93. The van der Waals surface area contributed by atoms with Crippen LogP contribution in [0.3, 0.4) is 0 Å². The highest BCUT2D eigenvalue weighted by atomic mass is 32.2. The van der Waals surface area contributed by atoms with Crippen LogP contribution < -0.4 is 14.4 Å². The summed E-state index contributed by atoms with van der Waals surface area (Å²) in [4.78, 5) is 25.7. The highest BCUT2D eigenvalue weighted by Crippen LogP contribution is 2.34. The van der Waals surface area contributed by atoms with Crippen molar-refractivity contribution in [1.82, 2.24) is 0 Å². The van der Waals surface area contributed by atoms with E-state index in [4.69, 9.17) is 9.47 Å². The molecule has 0 aromatic heterocycles. The SMILES string of the molecule is CCCCOC(=O)c1ccc(NS(=O)(=O)c2ccc(OC)c(N3CCCC3=O)c2)cc1. The molecule has 0 atom stereocenters. The third-order valence-corrected chi connectivity index (χ3v) is 6.31. The zero-order valence-electron chi connectivity index (χ0n) is 17.6. The number of carbonyl (C=O) groups is 2. The molecule has 0 saturated carbocycles. The molecule has 2 aromatic carbocycles. The number of anilines is 2. The number of nitrogens with one attached hydrogen (secondary N) is 1. The summed E-state index contributed by atoms with van der Waals surface area (Å²) < 4.78 is 38.7. The Kier molecular flexibility index (Phi) is 7.17. The molecule has 1 heterocycles. The fourth-order valence-corrected chi connectivity index (χ4v) is 4.31. The van der Waals surface area contributed by atoms with Crippen molar-refractivity contribution in [1.29, 1.82) is 0 Å². The van der Waals surface area contributed by atoms with Crippen molar-refractivity contribution in [2.45, 2.75) is 37.5 Å². The number of ether oxygens (including phenoxy) is 2. The van der Waals surface area contributed by atoms with Gasteiger partial charge in [0.25, 0.3) is 10.0 Å². The molecule has 1 saturated heterocycles. The molecule has 0 bridgehead atoms. The van der Waals surface area contributed by atoms with Gasteiger partial charge < -0.3 is 14.4 Å². The van der Waals surface area contributed by atoms with Gasteiger partial charge in [-0.25, -0.2) is 13.2 Å². The first kappa shape index (κ1) is 22.6. The Hall–Kier alpha value is -3.07. The van der Waals surface area contributed by atoms with Crippen molar-refractivity contribution in [3.05, 3.63) is 48.0 Å². The Balaban J connectivity index is 1.77. The Morgan fingerprint density at radius 2 is 1.90 bits per heavy atom. The standard InChI is InChI=1S/C22H26N2O6S/c1-3-4-14-30-22(26)16-7-9-17(10-8-16)23-31(27,28)18-11-12-20(29-2)19(15-18)24-13-5-6-21(24)25/h7-12,15,23H,3-6,13-14H2,1-2H3. The van der Waals surface area contributed by atoms with Gasteiger partial charge in [0.05, 0.1) is 29.9 Å². The molecular weight excluding hydrogens is 420 g/mol. The predicted octanol–water partition coefficient (Wildman–Crippen LogP) is 3.58. The molecule has 1 fully saturated rings. The van der Waals surface area contributed by atoms with Crippen LogP contribution in [0.4, 0.5) is 11.4 Å². The molecule has 0 unspecified atom stereocenters. The minimum absolute atomic E-state index is 0.00560. The first-order chi connectivity index (χ1) is 14.9. The van der Waals surface area contributed by atoms with Crippen molar-refractivity contribution >= 4 is 33.3 Å². The second-order valence-corrected chi connectivity index (χ2v) is 8.84. The minimum atomic E-state index is -3.92. The van der Waals surface area contributed by atoms with Crippen LogP contribution >= 0.6 is 0 Å². The largest absolute Gasteiger partial charge is 0.495 e. The summed E-state index contributed by atoms with van der Waals surface area (Å²) in [6.07, 6.45) is 2.85. The van der Waals surface area contributed by atoms with Crippen LogP contribution in [0.1, 0.15) is 43.0 Å². The summed E-state index contributed by atoms with van der Waals surface area (Å²) in [5, 5.41) is 0. The number of nitrogens with zero attached hydrogens (tertiary/aromatic N) is 1. The van der Waals surface area contributed by atoms with Gasteiger partial charge in [-0.15, -0.1) is 0 Å².